The van der Waals surface area contributed by atoms with Crippen LogP contribution in [0.25, 0.3) is 10.9 Å². The van der Waals surface area contributed by atoms with Crippen molar-refractivity contribution in [1.82, 2.24) is 9.88 Å². The molecule has 0 spiro atoms. The standard InChI is InChI=1S/C23H26ClN3O3/c1-28-22-16-21-19(15-23(22)30-11-3-8-27-9-12-29-13-10-27)20(6-7-25-21)26-18-5-2-4-17(24)14-18/h2,4-7,14-16H,3,8-13H2,1H3,(H,25,26). The first-order valence-corrected chi connectivity index (χ1v) is 10.5. The summed E-state index contributed by atoms with van der Waals surface area (Å²) >= 11 is 6.12. The average Bonchev–Trinajstić information content (AvgIpc) is 2.77. The molecule has 0 atom stereocenters. The van der Waals surface area contributed by atoms with E-state index >= 15 is 0 Å². The number of aromatic nitrogens is 1. The van der Waals surface area contributed by atoms with E-state index in [0.29, 0.717) is 23.1 Å². The van der Waals surface area contributed by atoms with E-state index in [-0.39, 0.29) is 0 Å². The summed E-state index contributed by atoms with van der Waals surface area (Å²) in [5.41, 5.74) is 2.68. The van der Waals surface area contributed by atoms with Crippen LogP contribution in [-0.2, 0) is 4.74 Å². The zero-order chi connectivity index (χ0) is 20.8. The number of anilines is 2. The number of benzene rings is 2. The smallest absolute Gasteiger partial charge is 0.162 e. The molecular weight excluding hydrogens is 402 g/mol. The molecule has 30 heavy (non-hydrogen) atoms. The van der Waals surface area contributed by atoms with Gasteiger partial charge in [-0.3, -0.25) is 9.88 Å². The number of fused-ring (bicyclic) bond motifs is 1. The predicted octanol–water partition coefficient (Wildman–Crippen LogP) is 4.74. The van der Waals surface area contributed by atoms with Crippen LogP contribution >= 0.6 is 11.6 Å². The van der Waals surface area contributed by atoms with Crippen molar-refractivity contribution in [2.45, 2.75) is 6.42 Å². The molecule has 1 N–H and O–H groups in total. The number of nitrogens with zero attached hydrogens (tertiary/aromatic N) is 2. The molecule has 4 rings (SSSR count). The molecule has 6 nitrogen and oxygen atoms in total. The van der Waals surface area contributed by atoms with Gasteiger partial charge in [0.15, 0.2) is 11.5 Å². The number of pyridine rings is 1. The van der Waals surface area contributed by atoms with E-state index in [2.05, 4.69) is 15.2 Å². The molecule has 158 valence electrons. The predicted molar refractivity (Wildman–Crippen MR) is 120 cm³/mol. The summed E-state index contributed by atoms with van der Waals surface area (Å²) in [5, 5.41) is 5.07. The Labute approximate surface area is 181 Å². The fourth-order valence-electron chi connectivity index (χ4n) is 3.55. The number of nitrogens with one attached hydrogen (secondary N) is 1. The quantitative estimate of drug-likeness (QED) is 0.524. The van der Waals surface area contributed by atoms with Gasteiger partial charge in [0.2, 0.25) is 0 Å². The third-order valence-electron chi connectivity index (χ3n) is 5.11. The van der Waals surface area contributed by atoms with Crippen LogP contribution in [0, 0.1) is 0 Å². The first-order valence-electron chi connectivity index (χ1n) is 10.2. The average molecular weight is 428 g/mol. The Morgan fingerprint density at radius 2 is 2.00 bits per heavy atom. The molecule has 1 fully saturated rings. The highest BCUT2D eigenvalue weighted by Gasteiger charge is 2.13. The van der Waals surface area contributed by atoms with Crippen LogP contribution in [0.4, 0.5) is 11.4 Å². The van der Waals surface area contributed by atoms with E-state index in [1.165, 1.54) is 0 Å². The van der Waals surface area contributed by atoms with Crippen molar-refractivity contribution in [3.8, 4) is 11.5 Å². The van der Waals surface area contributed by atoms with Crippen molar-refractivity contribution in [2.24, 2.45) is 0 Å². The van der Waals surface area contributed by atoms with Gasteiger partial charge in [-0.2, -0.15) is 0 Å². The highest BCUT2D eigenvalue weighted by atomic mass is 35.5. The van der Waals surface area contributed by atoms with Crippen LogP contribution in [0.3, 0.4) is 0 Å². The van der Waals surface area contributed by atoms with Crippen molar-refractivity contribution in [3.05, 3.63) is 53.7 Å². The highest BCUT2D eigenvalue weighted by molar-refractivity contribution is 6.30. The summed E-state index contributed by atoms with van der Waals surface area (Å²) < 4.78 is 17.0. The minimum absolute atomic E-state index is 0.622. The van der Waals surface area contributed by atoms with Gasteiger partial charge in [-0.15, -0.1) is 0 Å². The van der Waals surface area contributed by atoms with Gasteiger partial charge in [-0.25, -0.2) is 0 Å². The topological polar surface area (TPSA) is 55.8 Å². The fourth-order valence-corrected chi connectivity index (χ4v) is 3.74. The number of rotatable bonds is 8. The van der Waals surface area contributed by atoms with Crippen LogP contribution in [-0.4, -0.2) is 56.4 Å². The summed E-state index contributed by atoms with van der Waals surface area (Å²) in [6.07, 6.45) is 2.72. The lowest BCUT2D eigenvalue weighted by Gasteiger charge is -2.26. The molecule has 2 heterocycles. The minimum Gasteiger partial charge on any atom is -0.493 e. The maximum atomic E-state index is 6.12. The molecule has 0 aliphatic carbocycles. The Kier molecular flexibility index (Phi) is 6.89. The van der Waals surface area contributed by atoms with Crippen LogP contribution in [0.1, 0.15) is 6.42 Å². The summed E-state index contributed by atoms with van der Waals surface area (Å²) in [5.74, 6) is 1.40. The Balaban J connectivity index is 1.50. The SMILES string of the molecule is COc1cc2nccc(Nc3cccc(Cl)c3)c2cc1OCCCN1CCOCC1. The molecule has 0 bridgehead atoms. The molecule has 1 aliphatic heterocycles. The first-order chi connectivity index (χ1) is 14.7. The second-order valence-electron chi connectivity index (χ2n) is 7.17. The van der Waals surface area contributed by atoms with Crippen LogP contribution in [0.5, 0.6) is 11.5 Å². The van der Waals surface area contributed by atoms with Crippen molar-refractivity contribution in [3.63, 3.8) is 0 Å². The molecule has 7 heteroatoms. The molecule has 1 aliphatic rings. The number of hydrogen-bond donors (Lipinski definition) is 1. The molecule has 0 radical (unpaired) electrons. The lowest BCUT2D eigenvalue weighted by molar-refractivity contribution is 0.0357. The number of morpholine rings is 1. The highest BCUT2D eigenvalue weighted by Crippen LogP contribution is 2.35. The van der Waals surface area contributed by atoms with Crippen molar-refractivity contribution in [1.29, 1.82) is 0 Å². The first kappa shape index (κ1) is 20.7. The summed E-state index contributed by atoms with van der Waals surface area (Å²) in [7, 11) is 1.65. The van der Waals surface area contributed by atoms with Crippen LogP contribution < -0.4 is 14.8 Å². The van der Waals surface area contributed by atoms with Gasteiger partial charge in [0, 0.05) is 53.7 Å². The number of hydrogen-bond acceptors (Lipinski definition) is 6. The van der Waals surface area contributed by atoms with E-state index < -0.39 is 0 Å². The van der Waals surface area contributed by atoms with E-state index in [0.717, 1.165) is 61.5 Å². The zero-order valence-electron chi connectivity index (χ0n) is 17.1. The maximum Gasteiger partial charge on any atom is 0.162 e. The largest absolute Gasteiger partial charge is 0.493 e. The van der Waals surface area contributed by atoms with E-state index in [1.807, 2.05) is 42.5 Å². The van der Waals surface area contributed by atoms with E-state index in [4.69, 9.17) is 25.8 Å². The molecule has 1 aromatic heterocycles. The second-order valence-corrected chi connectivity index (χ2v) is 7.61. The summed E-state index contributed by atoms with van der Waals surface area (Å²) in [6, 6.07) is 13.5. The van der Waals surface area contributed by atoms with Crippen molar-refractivity contribution in [2.75, 3.05) is 51.9 Å². The van der Waals surface area contributed by atoms with Gasteiger partial charge >= 0.3 is 0 Å². The molecule has 3 aromatic rings. The monoisotopic (exact) mass is 427 g/mol. The van der Waals surface area contributed by atoms with Gasteiger partial charge in [-0.05, 0) is 36.8 Å². The van der Waals surface area contributed by atoms with Crippen LogP contribution in [0.15, 0.2) is 48.7 Å². The normalized spacial score (nSPS) is 14.6. The number of methoxy groups -OCH3 is 1. The van der Waals surface area contributed by atoms with E-state index in [9.17, 15) is 0 Å². The van der Waals surface area contributed by atoms with Gasteiger partial charge in [0.1, 0.15) is 0 Å². The fraction of sp³-hybridized carbons (Fsp3) is 0.348. The Hall–Kier alpha value is -2.54. The van der Waals surface area contributed by atoms with Gasteiger partial charge < -0.3 is 19.5 Å². The molecule has 1 saturated heterocycles. The van der Waals surface area contributed by atoms with Gasteiger partial charge in [0.25, 0.3) is 0 Å². The summed E-state index contributed by atoms with van der Waals surface area (Å²) in [6.45, 7) is 5.23. The third kappa shape index (κ3) is 5.14. The number of halogens is 1. The Morgan fingerprint density at radius 1 is 1.13 bits per heavy atom. The van der Waals surface area contributed by atoms with Gasteiger partial charge in [-0.1, -0.05) is 17.7 Å². The minimum atomic E-state index is 0.622. The Morgan fingerprint density at radius 3 is 2.80 bits per heavy atom. The lowest BCUT2D eigenvalue weighted by Crippen LogP contribution is -2.37. The molecule has 0 amide bonds. The molecular formula is C23H26ClN3O3. The molecule has 0 saturated carbocycles. The van der Waals surface area contributed by atoms with Crippen LogP contribution in [0.2, 0.25) is 5.02 Å². The van der Waals surface area contributed by atoms with Crippen molar-refractivity contribution >= 4 is 33.9 Å². The van der Waals surface area contributed by atoms with Crippen molar-refractivity contribution < 1.29 is 14.2 Å². The zero-order valence-corrected chi connectivity index (χ0v) is 17.8. The lowest BCUT2D eigenvalue weighted by atomic mass is 10.1. The van der Waals surface area contributed by atoms with E-state index in [1.54, 1.807) is 13.3 Å². The summed E-state index contributed by atoms with van der Waals surface area (Å²) in [4.78, 5) is 6.89. The third-order valence-corrected chi connectivity index (χ3v) is 5.35. The Bertz CT molecular complexity index is 993. The second kappa shape index (κ2) is 9.98. The molecule has 2 aromatic carbocycles. The number of ether oxygens (including phenoxy) is 3. The maximum absolute atomic E-state index is 6.12. The van der Waals surface area contributed by atoms with Gasteiger partial charge in [0.05, 0.1) is 32.4 Å². The molecule has 0 unspecified atom stereocenters.